The van der Waals surface area contributed by atoms with Crippen LogP contribution in [0.2, 0.25) is 0 Å². The largest absolute Gasteiger partial charge is 0.370 e. The lowest BCUT2D eigenvalue weighted by molar-refractivity contribution is 0.102. The first-order valence-corrected chi connectivity index (χ1v) is 5.71. The first-order chi connectivity index (χ1) is 8.81. The van der Waals surface area contributed by atoms with Gasteiger partial charge >= 0.3 is 0 Å². The van der Waals surface area contributed by atoms with Crippen LogP contribution in [0.3, 0.4) is 0 Å². The highest BCUT2D eigenvalue weighted by Gasteiger charge is 2.11. The molecule has 0 fully saturated rings. The number of nitrogens with zero attached hydrogens (tertiary/aromatic N) is 2. The van der Waals surface area contributed by atoms with Crippen LogP contribution >= 0.6 is 0 Å². The average molecular weight is 242 g/mol. The number of nitrogens with one attached hydrogen (secondary N) is 2. The predicted octanol–water partition coefficient (Wildman–Crippen LogP) is 2.16. The van der Waals surface area contributed by atoms with Crippen molar-refractivity contribution in [3.05, 3.63) is 48.4 Å². The third-order valence-corrected chi connectivity index (χ3v) is 2.33. The van der Waals surface area contributed by atoms with E-state index in [1.807, 2.05) is 6.92 Å². The Bertz CT molecular complexity index is 528. The van der Waals surface area contributed by atoms with Crippen LogP contribution in [0.4, 0.5) is 11.5 Å². The van der Waals surface area contributed by atoms with Crippen LogP contribution in [-0.4, -0.2) is 22.4 Å². The first kappa shape index (κ1) is 12.0. The van der Waals surface area contributed by atoms with Crippen LogP contribution in [-0.2, 0) is 0 Å². The summed E-state index contributed by atoms with van der Waals surface area (Å²) in [5.74, 6) is 0.400. The molecule has 0 radical (unpaired) electrons. The van der Waals surface area contributed by atoms with Gasteiger partial charge < -0.3 is 10.6 Å². The minimum absolute atomic E-state index is 0.190. The lowest BCUT2D eigenvalue weighted by Gasteiger charge is -2.09. The number of pyridine rings is 2. The van der Waals surface area contributed by atoms with Crippen LogP contribution in [0.5, 0.6) is 0 Å². The number of hydrogen-bond acceptors (Lipinski definition) is 4. The molecule has 0 aliphatic carbocycles. The summed E-state index contributed by atoms with van der Waals surface area (Å²) in [5.41, 5.74) is 1.23. The van der Waals surface area contributed by atoms with Crippen LogP contribution in [0, 0.1) is 0 Å². The van der Waals surface area contributed by atoms with E-state index in [4.69, 9.17) is 0 Å². The normalized spacial score (nSPS) is 9.83. The van der Waals surface area contributed by atoms with E-state index in [0.29, 0.717) is 23.6 Å². The molecule has 2 heterocycles. The number of aromatic nitrogens is 2. The van der Waals surface area contributed by atoms with Gasteiger partial charge in [0.2, 0.25) is 0 Å². The van der Waals surface area contributed by atoms with Crippen molar-refractivity contribution in [2.75, 3.05) is 17.2 Å². The van der Waals surface area contributed by atoms with E-state index in [1.165, 1.54) is 0 Å². The van der Waals surface area contributed by atoms with E-state index in [9.17, 15) is 4.79 Å². The topological polar surface area (TPSA) is 66.9 Å². The molecule has 0 unspecified atom stereocenters. The molecule has 2 N–H and O–H groups in total. The Morgan fingerprint density at radius 2 is 2.00 bits per heavy atom. The lowest BCUT2D eigenvalue weighted by atomic mass is 10.2. The Hall–Kier alpha value is -2.43. The molecular formula is C13H14N4O. The number of carbonyl (C=O) groups is 1. The van der Waals surface area contributed by atoms with E-state index < -0.39 is 0 Å². The van der Waals surface area contributed by atoms with Crippen LogP contribution in [0.1, 0.15) is 17.3 Å². The smallest absolute Gasteiger partial charge is 0.259 e. The molecule has 5 heteroatoms. The summed E-state index contributed by atoms with van der Waals surface area (Å²) in [5, 5.41) is 5.86. The highest BCUT2D eigenvalue weighted by Crippen LogP contribution is 2.14. The highest BCUT2D eigenvalue weighted by molar-refractivity contribution is 6.07. The van der Waals surface area contributed by atoms with Gasteiger partial charge in [-0.2, -0.15) is 0 Å². The minimum Gasteiger partial charge on any atom is -0.370 e. The zero-order valence-corrected chi connectivity index (χ0v) is 10.1. The Kier molecular flexibility index (Phi) is 3.86. The molecule has 2 aromatic rings. The van der Waals surface area contributed by atoms with Gasteiger partial charge in [0.1, 0.15) is 5.82 Å². The summed E-state index contributed by atoms with van der Waals surface area (Å²) in [4.78, 5) is 20.1. The third-order valence-electron chi connectivity index (χ3n) is 2.33. The third kappa shape index (κ3) is 2.82. The molecule has 2 aromatic heterocycles. The van der Waals surface area contributed by atoms with E-state index >= 15 is 0 Å². The molecule has 0 spiro atoms. The molecule has 0 aliphatic heterocycles. The summed E-state index contributed by atoms with van der Waals surface area (Å²) < 4.78 is 0. The van der Waals surface area contributed by atoms with Gasteiger partial charge in [0.25, 0.3) is 5.91 Å². The number of rotatable bonds is 4. The molecule has 2 rings (SSSR count). The second-order valence-corrected chi connectivity index (χ2v) is 3.62. The van der Waals surface area contributed by atoms with Crippen molar-refractivity contribution in [3.8, 4) is 0 Å². The van der Waals surface area contributed by atoms with Crippen molar-refractivity contribution in [2.45, 2.75) is 6.92 Å². The average Bonchev–Trinajstić information content (AvgIpc) is 2.41. The van der Waals surface area contributed by atoms with E-state index in [-0.39, 0.29) is 5.91 Å². The standard InChI is InChI=1S/C13H14N4O/c1-2-15-12-11(4-3-7-16-12)13(18)17-10-5-8-14-9-6-10/h3-9H,2H2,1H3,(H,15,16)(H,14,17,18). The van der Waals surface area contributed by atoms with Crippen molar-refractivity contribution in [1.29, 1.82) is 0 Å². The molecule has 0 aromatic carbocycles. The van der Waals surface area contributed by atoms with E-state index in [0.717, 1.165) is 0 Å². The monoisotopic (exact) mass is 242 g/mol. The van der Waals surface area contributed by atoms with Crippen molar-refractivity contribution >= 4 is 17.4 Å². The molecule has 1 amide bonds. The Balaban J connectivity index is 2.19. The molecule has 5 nitrogen and oxygen atoms in total. The molecule has 0 saturated heterocycles. The quantitative estimate of drug-likeness (QED) is 0.862. The number of hydrogen-bond donors (Lipinski definition) is 2. The van der Waals surface area contributed by atoms with Gasteiger partial charge in [0.15, 0.2) is 0 Å². The first-order valence-electron chi connectivity index (χ1n) is 5.71. The minimum atomic E-state index is -0.190. The van der Waals surface area contributed by atoms with Gasteiger partial charge in [0.05, 0.1) is 5.56 Å². The van der Waals surface area contributed by atoms with Gasteiger partial charge in [-0.05, 0) is 31.2 Å². The Morgan fingerprint density at radius 3 is 2.72 bits per heavy atom. The maximum atomic E-state index is 12.1. The fraction of sp³-hybridized carbons (Fsp3) is 0.154. The van der Waals surface area contributed by atoms with Crippen molar-refractivity contribution < 1.29 is 4.79 Å². The van der Waals surface area contributed by atoms with E-state index in [2.05, 4.69) is 20.6 Å². The van der Waals surface area contributed by atoms with Crippen LogP contribution < -0.4 is 10.6 Å². The van der Waals surface area contributed by atoms with Crippen molar-refractivity contribution in [2.24, 2.45) is 0 Å². The summed E-state index contributed by atoms with van der Waals surface area (Å²) in [6, 6.07) is 6.95. The summed E-state index contributed by atoms with van der Waals surface area (Å²) in [6.07, 6.45) is 4.91. The number of anilines is 2. The van der Waals surface area contributed by atoms with Gasteiger partial charge in [-0.1, -0.05) is 0 Å². The van der Waals surface area contributed by atoms with Crippen LogP contribution in [0.15, 0.2) is 42.9 Å². The van der Waals surface area contributed by atoms with E-state index in [1.54, 1.807) is 42.9 Å². The molecule has 0 aliphatic rings. The lowest BCUT2D eigenvalue weighted by Crippen LogP contribution is -2.15. The number of amides is 1. The number of carbonyl (C=O) groups excluding carboxylic acids is 1. The SMILES string of the molecule is CCNc1ncccc1C(=O)Nc1ccncc1. The molecular weight excluding hydrogens is 228 g/mol. The van der Waals surface area contributed by atoms with Gasteiger partial charge in [0, 0.05) is 30.8 Å². The molecule has 18 heavy (non-hydrogen) atoms. The molecule has 0 atom stereocenters. The Morgan fingerprint density at radius 1 is 1.22 bits per heavy atom. The summed E-state index contributed by atoms with van der Waals surface area (Å²) >= 11 is 0. The zero-order chi connectivity index (χ0) is 12.8. The fourth-order valence-corrected chi connectivity index (χ4v) is 1.53. The van der Waals surface area contributed by atoms with Gasteiger partial charge in [-0.3, -0.25) is 9.78 Å². The highest BCUT2D eigenvalue weighted by atomic mass is 16.1. The zero-order valence-electron chi connectivity index (χ0n) is 10.1. The predicted molar refractivity (Wildman–Crippen MR) is 70.6 cm³/mol. The summed E-state index contributed by atoms with van der Waals surface area (Å²) in [6.45, 7) is 2.67. The second-order valence-electron chi connectivity index (χ2n) is 3.62. The Labute approximate surface area is 105 Å². The van der Waals surface area contributed by atoms with Gasteiger partial charge in [-0.25, -0.2) is 4.98 Å². The maximum absolute atomic E-state index is 12.1. The van der Waals surface area contributed by atoms with Crippen molar-refractivity contribution in [1.82, 2.24) is 9.97 Å². The van der Waals surface area contributed by atoms with Crippen molar-refractivity contribution in [3.63, 3.8) is 0 Å². The van der Waals surface area contributed by atoms with Gasteiger partial charge in [-0.15, -0.1) is 0 Å². The molecule has 0 bridgehead atoms. The fourth-order valence-electron chi connectivity index (χ4n) is 1.53. The second kappa shape index (κ2) is 5.77. The van der Waals surface area contributed by atoms with Crippen LogP contribution in [0.25, 0.3) is 0 Å². The molecule has 0 saturated carbocycles. The summed E-state index contributed by atoms with van der Waals surface area (Å²) in [7, 11) is 0. The molecule has 92 valence electrons. The maximum Gasteiger partial charge on any atom is 0.259 e.